The molecule has 0 heterocycles. The summed E-state index contributed by atoms with van der Waals surface area (Å²) in [6.07, 6.45) is 0. The highest BCUT2D eigenvalue weighted by molar-refractivity contribution is 6.09. The minimum atomic E-state index is -0.368. The highest BCUT2D eigenvalue weighted by Crippen LogP contribution is 2.49. The number of nitrogens with zero attached hydrogens (tertiary/aromatic N) is 11. The van der Waals surface area contributed by atoms with Crippen molar-refractivity contribution in [3.8, 4) is 12.1 Å². The quantitative estimate of drug-likeness (QED) is 0.0504. The van der Waals surface area contributed by atoms with Gasteiger partial charge in [-0.05, 0) is 272 Å². The van der Waals surface area contributed by atoms with Crippen molar-refractivity contribution in [3.05, 3.63) is 561 Å². The molecule has 0 aromatic heterocycles. The number of para-hydroxylation sites is 1. The smallest absolute Gasteiger partial charge is 0.271 e. The van der Waals surface area contributed by atoms with E-state index in [2.05, 4.69) is 515 Å². The van der Waals surface area contributed by atoms with Crippen molar-refractivity contribution in [3.63, 3.8) is 0 Å². The van der Waals surface area contributed by atoms with E-state index in [9.17, 15) is 15.4 Å². The Hall–Kier alpha value is -19.9. The van der Waals surface area contributed by atoms with Gasteiger partial charge in [0.05, 0.1) is 62.3 Å². The van der Waals surface area contributed by atoms with Crippen LogP contribution in [-0.4, -0.2) is 33.1 Å². The summed E-state index contributed by atoms with van der Waals surface area (Å²) in [6.45, 7) is 0. The first-order chi connectivity index (χ1) is 72.3. The maximum Gasteiger partial charge on any atom is 0.271 e. The number of anilines is 20. The summed E-state index contributed by atoms with van der Waals surface area (Å²) in [5, 5.41) is 49.0. The van der Waals surface area contributed by atoms with Crippen molar-refractivity contribution in [1.82, 2.24) is 0 Å². The van der Waals surface area contributed by atoms with Gasteiger partial charge in [-0.1, -0.05) is 309 Å². The van der Waals surface area contributed by atoms with Gasteiger partial charge in [0.2, 0.25) is 0 Å². The number of nitriles is 2. The van der Waals surface area contributed by atoms with E-state index in [4.69, 9.17) is 5.26 Å². The predicted molar refractivity (Wildman–Crippen MR) is 619 cm³/mol. The Morgan fingerprint density at radius 1 is 0.177 bits per heavy atom. The van der Waals surface area contributed by atoms with E-state index >= 15 is 0 Å². The number of hydrogen-bond acceptors (Lipinski definition) is 12. The van der Waals surface area contributed by atoms with Crippen molar-refractivity contribution in [2.45, 2.75) is 0 Å². The fourth-order valence-corrected chi connectivity index (χ4v) is 19.6. The monoisotopic (exact) mass is 1900 g/mol. The van der Waals surface area contributed by atoms with Gasteiger partial charge in [0.1, 0.15) is 0 Å². The molecule has 0 unspecified atom stereocenters. The molecule has 147 heavy (non-hydrogen) atoms. The largest absolute Gasteiger partial charge is 0.345 e. The first kappa shape index (κ1) is 93.4. The van der Waals surface area contributed by atoms with E-state index in [1.165, 1.54) is 97.9 Å². The zero-order chi connectivity index (χ0) is 100. The summed E-state index contributed by atoms with van der Waals surface area (Å²) in [5.41, 5.74) is 22.9. The van der Waals surface area contributed by atoms with Crippen LogP contribution < -0.4 is 39.2 Å². The molecule has 24 aromatic carbocycles. The Bertz CT molecular complexity index is 8640. The van der Waals surface area contributed by atoms with E-state index in [-0.39, 0.29) is 10.6 Å². The highest BCUT2D eigenvalue weighted by atomic mass is 16.6. The normalized spacial score (nSPS) is 10.9. The molecule has 0 aliphatic carbocycles. The molecule has 0 fully saturated rings. The van der Waals surface area contributed by atoms with Crippen LogP contribution in [0.1, 0.15) is 11.1 Å². The Balaban J connectivity index is 0.000000115. The summed E-state index contributed by atoms with van der Waals surface area (Å²) >= 11 is 0. The van der Waals surface area contributed by atoms with Gasteiger partial charge in [-0.2, -0.15) is 10.5 Å². The lowest BCUT2D eigenvalue weighted by atomic mass is 10.0. The fourth-order valence-electron chi connectivity index (χ4n) is 19.6. The van der Waals surface area contributed by atoms with E-state index < -0.39 is 0 Å². The Labute approximate surface area is 855 Å². The first-order valence-electron chi connectivity index (χ1n) is 49.0. The number of hydrogen-bond donors (Lipinski definition) is 0. The molecule has 0 spiro atoms. The molecule has 13 nitrogen and oxygen atoms in total. The molecular weight excluding hydrogens is 1800 g/mol. The summed E-state index contributed by atoms with van der Waals surface area (Å²) in [7, 11) is 8.10. The second-order valence-electron chi connectivity index (χ2n) is 36.1. The lowest BCUT2D eigenvalue weighted by Crippen LogP contribution is -2.12. The van der Waals surface area contributed by atoms with Crippen molar-refractivity contribution in [1.29, 1.82) is 10.5 Å². The number of fused-ring (bicyclic) bond motifs is 8. The number of non-ortho nitro benzene ring substituents is 1. The number of benzene rings is 24. The van der Waals surface area contributed by atoms with Gasteiger partial charge in [0, 0.05) is 152 Å². The van der Waals surface area contributed by atoms with Crippen molar-refractivity contribution in [2.75, 3.05) is 67.4 Å². The lowest BCUT2D eigenvalue weighted by molar-refractivity contribution is -0.384. The molecule has 0 aliphatic heterocycles. The van der Waals surface area contributed by atoms with Crippen LogP contribution in [0.4, 0.5) is 119 Å². The number of rotatable bonds is 21. The summed E-state index contributed by atoms with van der Waals surface area (Å²) in [6, 6.07) is 191. The summed E-state index contributed by atoms with van der Waals surface area (Å²) in [5.74, 6) is 0. The molecule has 24 rings (SSSR count). The number of nitro groups is 1. The van der Waals surface area contributed by atoms with Gasteiger partial charge in [-0.3, -0.25) is 10.1 Å². The third kappa shape index (κ3) is 20.0. The molecular formula is C134H101N11O2. The summed E-state index contributed by atoms with van der Waals surface area (Å²) < 4.78 is 0. The third-order valence-electron chi connectivity index (χ3n) is 27.3. The van der Waals surface area contributed by atoms with Crippen molar-refractivity contribution < 1.29 is 4.92 Å². The summed E-state index contributed by atoms with van der Waals surface area (Å²) in [4.78, 5) is 28.7. The van der Waals surface area contributed by atoms with Gasteiger partial charge in [0.25, 0.3) is 5.69 Å². The van der Waals surface area contributed by atoms with Crippen molar-refractivity contribution in [2.24, 2.45) is 0 Å². The van der Waals surface area contributed by atoms with Crippen molar-refractivity contribution >= 4 is 206 Å². The molecule has 24 aromatic rings. The maximum atomic E-state index is 11.3. The minimum absolute atomic E-state index is 0.0732. The Morgan fingerprint density at radius 3 is 0.701 bits per heavy atom. The van der Waals surface area contributed by atoms with E-state index in [0.29, 0.717) is 11.1 Å². The average Bonchev–Trinajstić information content (AvgIpc) is 0.770. The molecule has 0 radical (unpaired) electrons. The molecule has 0 amide bonds. The third-order valence-corrected chi connectivity index (χ3v) is 27.3. The zero-order valence-corrected chi connectivity index (χ0v) is 81.6. The van der Waals surface area contributed by atoms with Gasteiger partial charge in [-0.25, -0.2) is 0 Å². The topological polar surface area (TPSA) is 117 Å². The van der Waals surface area contributed by atoms with Crippen LogP contribution in [0.5, 0.6) is 0 Å². The Kier molecular flexibility index (Phi) is 27.1. The molecule has 13 heteroatoms. The molecule has 0 atom stereocenters. The van der Waals surface area contributed by atoms with Gasteiger partial charge in [-0.15, -0.1) is 0 Å². The van der Waals surface area contributed by atoms with Gasteiger partial charge in [0.15, 0.2) is 0 Å². The predicted octanol–water partition coefficient (Wildman–Crippen LogP) is 36.6. The van der Waals surface area contributed by atoms with Crippen LogP contribution in [0.25, 0.3) is 86.2 Å². The molecule has 0 N–H and O–H groups in total. The second kappa shape index (κ2) is 42.7. The molecule has 0 saturated heterocycles. The molecule has 704 valence electrons. The average molecular weight is 1900 g/mol. The molecule has 0 aliphatic rings. The first-order valence-corrected chi connectivity index (χ1v) is 49.0. The fraction of sp³-hybridized carbons (Fsp3) is 0.0299. The van der Waals surface area contributed by atoms with Gasteiger partial charge < -0.3 is 39.2 Å². The van der Waals surface area contributed by atoms with Crippen LogP contribution >= 0.6 is 0 Å². The van der Waals surface area contributed by atoms with E-state index in [1.807, 2.05) is 86.7 Å². The van der Waals surface area contributed by atoms with Crippen LogP contribution in [0.2, 0.25) is 0 Å². The lowest BCUT2D eigenvalue weighted by Gasteiger charge is -2.29. The molecule has 0 saturated carbocycles. The van der Waals surface area contributed by atoms with Gasteiger partial charge >= 0.3 is 0 Å². The van der Waals surface area contributed by atoms with Crippen LogP contribution in [-0.2, 0) is 0 Å². The minimum Gasteiger partial charge on any atom is -0.345 e. The van der Waals surface area contributed by atoms with Crippen LogP contribution in [0, 0.1) is 32.8 Å². The Morgan fingerprint density at radius 2 is 0.395 bits per heavy atom. The maximum absolute atomic E-state index is 11.3. The van der Waals surface area contributed by atoms with E-state index in [1.54, 1.807) is 12.1 Å². The van der Waals surface area contributed by atoms with E-state index in [0.717, 1.165) is 108 Å². The van der Waals surface area contributed by atoms with Crippen LogP contribution in [0.15, 0.2) is 540 Å². The molecule has 0 bridgehead atoms. The SMILES string of the molecule is CN(c1ccc(C#N)cc1)c1ccc(N(c2cccc3ccccc23)c2cccc3ccccc23)cc1.CN(c1ccc(N(c2cccc3ccccc23)c2cccc3ccccc23)cc1)c1cccc(C#N)c1.CN(c1ccc(N(c2cccc3ccccc23)c2cccc3ccccc23)cc1)c1cccc([N+](=O)[O-])c1.CN(c1ccccc1)c1ccc(N(c2ccc3ccccc3c2)c2ccc3ccccc3c2)cc1. The van der Waals surface area contributed by atoms with Crippen LogP contribution in [0.3, 0.4) is 0 Å². The number of nitro benzene ring substituents is 1. The standard InChI is InChI=1S/2C34H25N3.C33H25N3O2.C33H26N2/c1-36(30-14-6-9-25(23-30)24-35)28-19-21-29(22-20-28)37(33-17-7-12-26-10-2-4-15-31(26)33)34-18-8-13-27-11-3-5-16-32(27)34;1-36(28-18-16-25(24-35)17-19-28)29-20-22-30(23-21-29)37(33-14-6-10-26-8-2-4-12-31(26)33)34-15-7-11-27-9-3-5-13-32(27)34;1-34(28-13-8-14-29(23-28)36(37)38)26-19-21-27(22-20-26)35(32-17-6-11-24-9-2-4-15-30(24)32)33-18-7-12-25-10-3-5-16-31(25)33;1-34(29-13-3-2-4-14-29)30-19-21-31(22-20-30)35(32-17-15-25-9-5-7-11-27(25)23-32)33-18-16-26-10-6-8-12-28(26)24-33/h2*2-23H,1H3;2-23H,1H3;2-24H,1H3. The highest BCUT2D eigenvalue weighted by Gasteiger charge is 2.25. The zero-order valence-electron chi connectivity index (χ0n) is 81.6. The second-order valence-corrected chi connectivity index (χ2v) is 36.1.